The van der Waals surface area contributed by atoms with E-state index in [0.717, 1.165) is 3.57 Å². The van der Waals surface area contributed by atoms with E-state index in [1.165, 1.54) is 12.1 Å². The molecule has 0 fully saturated rings. The molecule has 1 aromatic rings. The number of terminal acetylenes is 1. The summed E-state index contributed by atoms with van der Waals surface area (Å²) >= 11 is 1.95. The summed E-state index contributed by atoms with van der Waals surface area (Å²) in [7, 11) is 0. The second-order valence-corrected chi connectivity index (χ2v) is 4.15. The van der Waals surface area contributed by atoms with Crippen molar-refractivity contribution in [2.75, 3.05) is 0 Å². The SMILES string of the molecule is C#Cc1cc(I)cc(C[B-](F)(F)F)c1. The van der Waals surface area contributed by atoms with E-state index in [4.69, 9.17) is 6.42 Å². The van der Waals surface area contributed by atoms with Crippen molar-refractivity contribution in [1.29, 1.82) is 0 Å². The lowest BCUT2D eigenvalue weighted by atomic mass is 9.81. The zero-order valence-electron chi connectivity index (χ0n) is 7.11. The quantitative estimate of drug-likeness (QED) is 0.447. The van der Waals surface area contributed by atoms with Gasteiger partial charge in [-0.3, -0.25) is 0 Å². The minimum atomic E-state index is -4.79. The maximum Gasteiger partial charge on any atom is 0.482 e. The molecule has 0 saturated carbocycles. The molecule has 1 rings (SSSR count). The van der Waals surface area contributed by atoms with E-state index in [2.05, 4.69) is 5.92 Å². The van der Waals surface area contributed by atoms with E-state index in [9.17, 15) is 12.9 Å². The highest BCUT2D eigenvalue weighted by Gasteiger charge is 2.23. The van der Waals surface area contributed by atoms with Crippen LogP contribution in [-0.2, 0) is 6.32 Å². The van der Waals surface area contributed by atoms with Gasteiger partial charge in [-0.1, -0.05) is 17.8 Å². The predicted molar refractivity (Wildman–Crippen MR) is 59.9 cm³/mol. The summed E-state index contributed by atoms with van der Waals surface area (Å²) in [5, 5.41) is 0. The predicted octanol–water partition coefficient (Wildman–Crippen LogP) is 3.20. The van der Waals surface area contributed by atoms with Gasteiger partial charge in [0.1, 0.15) is 0 Å². The molecule has 74 valence electrons. The van der Waals surface area contributed by atoms with E-state index in [0.29, 0.717) is 5.56 Å². The molecule has 0 spiro atoms. The second kappa shape index (κ2) is 4.26. The third kappa shape index (κ3) is 3.62. The molecular formula is C9H6BF3I-. The molecule has 0 aromatic heterocycles. The van der Waals surface area contributed by atoms with Crippen LogP contribution in [0.2, 0.25) is 0 Å². The number of hydrogen-bond acceptors (Lipinski definition) is 0. The van der Waals surface area contributed by atoms with Gasteiger partial charge in [-0.25, -0.2) is 0 Å². The summed E-state index contributed by atoms with van der Waals surface area (Å²) in [5.41, 5.74) is 0.726. The van der Waals surface area contributed by atoms with Crippen LogP contribution in [0.1, 0.15) is 11.1 Å². The molecule has 0 radical (unpaired) electrons. The Morgan fingerprint density at radius 2 is 1.93 bits per heavy atom. The maximum atomic E-state index is 12.1. The average Bonchev–Trinajstić information content (AvgIpc) is 1.99. The fourth-order valence-electron chi connectivity index (χ4n) is 1.12. The first-order chi connectivity index (χ1) is 6.40. The van der Waals surface area contributed by atoms with Gasteiger partial charge in [0.15, 0.2) is 0 Å². The lowest BCUT2D eigenvalue weighted by Crippen LogP contribution is -2.19. The Bertz CT molecular complexity index is 379. The molecule has 0 heterocycles. The van der Waals surface area contributed by atoms with Gasteiger partial charge < -0.3 is 12.9 Å². The fourth-order valence-corrected chi connectivity index (χ4v) is 1.85. The topological polar surface area (TPSA) is 0 Å². The molecule has 0 amide bonds. The summed E-state index contributed by atoms with van der Waals surface area (Å²) < 4.78 is 37.1. The van der Waals surface area contributed by atoms with Crippen LogP contribution in [0.25, 0.3) is 0 Å². The Kier molecular flexibility index (Phi) is 3.48. The molecule has 1 aromatic carbocycles. The Morgan fingerprint density at radius 1 is 1.29 bits per heavy atom. The monoisotopic (exact) mass is 309 g/mol. The van der Waals surface area contributed by atoms with E-state index in [1.807, 2.05) is 22.6 Å². The lowest BCUT2D eigenvalue weighted by molar-refractivity contribution is 0.468. The highest BCUT2D eigenvalue weighted by atomic mass is 127. The van der Waals surface area contributed by atoms with Gasteiger partial charge >= 0.3 is 6.98 Å². The number of hydrogen-bond donors (Lipinski definition) is 0. The van der Waals surface area contributed by atoms with Gasteiger partial charge in [-0.2, -0.15) is 0 Å². The zero-order chi connectivity index (χ0) is 10.8. The molecule has 0 aliphatic carbocycles. The summed E-state index contributed by atoms with van der Waals surface area (Å²) in [6.07, 6.45) is 4.25. The Hall–Kier alpha value is -0.635. The molecule has 0 atom stereocenters. The summed E-state index contributed by atoms with van der Waals surface area (Å²) in [5.74, 6) is 2.33. The standard InChI is InChI=1S/C9H6BF3I/c1-2-7-3-8(5-9(14)4-7)6-10(11,12)13/h1,3-5H,6H2/q-1. The van der Waals surface area contributed by atoms with Crippen LogP contribution in [0.3, 0.4) is 0 Å². The Morgan fingerprint density at radius 3 is 2.43 bits per heavy atom. The largest absolute Gasteiger partial charge is 0.482 e. The van der Waals surface area contributed by atoms with E-state index in [1.54, 1.807) is 6.07 Å². The van der Waals surface area contributed by atoms with Crippen molar-refractivity contribution in [3.05, 3.63) is 32.9 Å². The molecule has 14 heavy (non-hydrogen) atoms. The number of benzene rings is 1. The van der Waals surface area contributed by atoms with Gasteiger partial charge in [0.25, 0.3) is 0 Å². The van der Waals surface area contributed by atoms with Gasteiger partial charge in [-0.15, -0.1) is 6.42 Å². The molecule has 5 heteroatoms. The molecule has 0 aliphatic rings. The van der Waals surface area contributed by atoms with Crippen molar-refractivity contribution in [3.63, 3.8) is 0 Å². The Labute approximate surface area is 94.1 Å². The summed E-state index contributed by atoms with van der Waals surface area (Å²) in [6.45, 7) is -4.79. The van der Waals surface area contributed by atoms with Crippen molar-refractivity contribution >= 4 is 29.6 Å². The van der Waals surface area contributed by atoms with E-state index >= 15 is 0 Å². The molecular weight excluding hydrogens is 303 g/mol. The third-order valence-corrected chi connectivity index (χ3v) is 2.21. The van der Waals surface area contributed by atoms with Crippen LogP contribution in [0.5, 0.6) is 0 Å². The zero-order valence-corrected chi connectivity index (χ0v) is 9.26. The third-order valence-electron chi connectivity index (χ3n) is 1.59. The molecule has 0 aliphatic heterocycles. The second-order valence-electron chi connectivity index (χ2n) is 2.91. The van der Waals surface area contributed by atoms with Gasteiger partial charge in [-0.05, 0) is 40.8 Å². The van der Waals surface area contributed by atoms with Crippen LogP contribution in [-0.4, -0.2) is 6.98 Å². The van der Waals surface area contributed by atoms with Crippen molar-refractivity contribution in [1.82, 2.24) is 0 Å². The summed E-state index contributed by atoms with van der Waals surface area (Å²) in [6, 6.07) is 4.57. The van der Waals surface area contributed by atoms with Crippen LogP contribution < -0.4 is 0 Å². The van der Waals surface area contributed by atoms with Crippen molar-refractivity contribution in [3.8, 4) is 12.3 Å². The van der Waals surface area contributed by atoms with Crippen LogP contribution in [0.4, 0.5) is 12.9 Å². The molecule has 0 saturated heterocycles. The van der Waals surface area contributed by atoms with Crippen molar-refractivity contribution < 1.29 is 12.9 Å². The lowest BCUT2D eigenvalue weighted by Gasteiger charge is -2.13. The molecule has 0 nitrogen and oxygen atoms in total. The Balaban J connectivity index is 3.00. The first kappa shape index (κ1) is 11.4. The van der Waals surface area contributed by atoms with Crippen molar-refractivity contribution in [2.45, 2.75) is 6.32 Å². The smallest absolute Gasteiger partial charge is 0.449 e. The van der Waals surface area contributed by atoms with Crippen LogP contribution in [0.15, 0.2) is 18.2 Å². The maximum absolute atomic E-state index is 12.1. The minimum absolute atomic E-state index is 0.234. The molecule has 0 bridgehead atoms. The van der Waals surface area contributed by atoms with Crippen LogP contribution >= 0.6 is 22.6 Å². The first-order valence-electron chi connectivity index (χ1n) is 3.88. The average molecular weight is 309 g/mol. The number of rotatable bonds is 2. The summed E-state index contributed by atoms with van der Waals surface area (Å²) in [4.78, 5) is 0. The fraction of sp³-hybridized carbons (Fsp3) is 0.111. The first-order valence-corrected chi connectivity index (χ1v) is 4.95. The number of halogens is 4. The molecule has 0 N–H and O–H groups in total. The molecule has 0 unspecified atom stereocenters. The highest BCUT2D eigenvalue weighted by molar-refractivity contribution is 14.1. The van der Waals surface area contributed by atoms with Gasteiger partial charge in [0, 0.05) is 9.13 Å². The van der Waals surface area contributed by atoms with E-state index < -0.39 is 13.3 Å². The van der Waals surface area contributed by atoms with Gasteiger partial charge in [0.2, 0.25) is 0 Å². The highest BCUT2D eigenvalue weighted by Crippen LogP contribution is 2.19. The van der Waals surface area contributed by atoms with Crippen LogP contribution in [0, 0.1) is 15.9 Å². The minimum Gasteiger partial charge on any atom is -0.449 e. The normalized spacial score (nSPS) is 11.1. The van der Waals surface area contributed by atoms with E-state index in [-0.39, 0.29) is 5.56 Å². The van der Waals surface area contributed by atoms with Gasteiger partial charge in [0.05, 0.1) is 0 Å². The van der Waals surface area contributed by atoms with Crippen molar-refractivity contribution in [2.24, 2.45) is 0 Å².